The SMILES string of the molecule is CN(C)C(=S)NCCCN. The van der Waals surface area contributed by atoms with Crippen LogP contribution < -0.4 is 11.1 Å². The van der Waals surface area contributed by atoms with Gasteiger partial charge in [-0.1, -0.05) is 0 Å². The summed E-state index contributed by atoms with van der Waals surface area (Å²) < 4.78 is 0. The predicted molar refractivity (Wildman–Crippen MR) is 48.0 cm³/mol. The number of nitrogens with one attached hydrogen (secondary N) is 1. The second-order valence-corrected chi connectivity index (χ2v) is 2.66. The molecule has 3 nitrogen and oxygen atoms in total. The molecule has 0 spiro atoms. The van der Waals surface area contributed by atoms with Crippen LogP contribution in [0.2, 0.25) is 0 Å². The minimum Gasteiger partial charge on any atom is -0.363 e. The molecule has 0 aromatic carbocycles. The lowest BCUT2D eigenvalue weighted by Crippen LogP contribution is -2.35. The lowest BCUT2D eigenvalue weighted by Gasteiger charge is -2.14. The summed E-state index contributed by atoms with van der Waals surface area (Å²) in [5, 5.41) is 3.83. The fraction of sp³-hybridized carbons (Fsp3) is 0.833. The molecule has 0 unspecified atom stereocenters. The molecule has 0 rings (SSSR count). The molecule has 0 bridgehead atoms. The van der Waals surface area contributed by atoms with E-state index in [1.807, 2.05) is 19.0 Å². The van der Waals surface area contributed by atoms with Gasteiger partial charge in [0.1, 0.15) is 0 Å². The molecule has 0 radical (unpaired) electrons. The van der Waals surface area contributed by atoms with Gasteiger partial charge in [0.15, 0.2) is 5.11 Å². The highest BCUT2D eigenvalue weighted by Gasteiger charge is 1.94. The van der Waals surface area contributed by atoms with E-state index in [-0.39, 0.29) is 0 Å². The third-order valence-electron chi connectivity index (χ3n) is 1.06. The maximum Gasteiger partial charge on any atom is 0.168 e. The van der Waals surface area contributed by atoms with Gasteiger partial charge in [-0.25, -0.2) is 0 Å². The highest BCUT2D eigenvalue weighted by atomic mass is 32.1. The molecule has 0 saturated carbocycles. The Kier molecular flexibility index (Phi) is 5.25. The molecule has 0 atom stereocenters. The third kappa shape index (κ3) is 4.52. The summed E-state index contributed by atoms with van der Waals surface area (Å²) in [6, 6.07) is 0. The first-order valence-corrected chi connectivity index (χ1v) is 3.74. The minimum atomic E-state index is 0.711. The molecule has 0 fully saturated rings. The van der Waals surface area contributed by atoms with Crippen molar-refractivity contribution in [3.8, 4) is 0 Å². The van der Waals surface area contributed by atoms with Crippen LogP contribution in [0.1, 0.15) is 6.42 Å². The number of hydrogen-bond acceptors (Lipinski definition) is 2. The topological polar surface area (TPSA) is 41.3 Å². The van der Waals surface area contributed by atoms with E-state index in [0.29, 0.717) is 6.54 Å². The molecule has 0 aliphatic carbocycles. The Balaban J connectivity index is 3.22. The van der Waals surface area contributed by atoms with Gasteiger partial charge in [0, 0.05) is 20.6 Å². The van der Waals surface area contributed by atoms with E-state index in [1.54, 1.807) is 0 Å². The molecule has 4 heteroatoms. The van der Waals surface area contributed by atoms with Crippen molar-refractivity contribution >= 4 is 17.3 Å². The second-order valence-electron chi connectivity index (χ2n) is 2.27. The quantitative estimate of drug-likeness (QED) is 0.443. The Morgan fingerprint density at radius 3 is 2.60 bits per heavy atom. The molecule has 0 aromatic rings. The first kappa shape index (κ1) is 9.65. The van der Waals surface area contributed by atoms with E-state index in [2.05, 4.69) is 5.32 Å². The van der Waals surface area contributed by atoms with Crippen LogP contribution in [0.15, 0.2) is 0 Å². The Morgan fingerprint density at radius 2 is 2.20 bits per heavy atom. The van der Waals surface area contributed by atoms with Gasteiger partial charge >= 0.3 is 0 Å². The lowest BCUT2D eigenvalue weighted by molar-refractivity contribution is 0.596. The number of rotatable bonds is 3. The fourth-order valence-electron chi connectivity index (χ4n) is 0.455. The molecule has 0 heterocycles. The summed E-state index contributed by atoms with van der Waals surface area (Å²) in [6.45, 7) is 1.58. The van der Waals surface area contributed by atoms with Crippen LogP contribution in [-0.2, 0) is 0 Å². The van der Waals surface area contributed by atoms with Crippen molar-refractivity contribution in [1.82, 2.24) is 10.2 Å². The lowest BCUT2D eigenvalue weighted by atomic mass is 10.4. The van der Waals surface area contributed by atoms with Crippen molar-refractivity contribution in [2.45, 2.75) is 6.42 Å². The van der Waals surface area contributed by atoms with E-state index in [1.165, 1.54) is 0 Å². The number of thiocarbonyl (C=S) groups is 1. The fourth-order valence-corrected chi connectivity index (χ4v) is 0.558. The zero-order valence-corrected chi connectivity index (χ0v) is 7.37. The van der Waals surface area contributed by atoms with Crippen molar-refractivity contribution < 1.29 is 0 Å². The molecule has 0 aliphatic heterocycles. The van der Waals surface area contributed by atoms with Gasteiger partial charge in [-0.2, -0.15) is 0 Å². The number of nitrogens with two attached hydrogens (primary N) is 1. The molecule has 60 valence electrons. The summed E-state index contributed by atoms with van der Waals surface area (Å²) >= 11 is 4.97. The predicted octanol–water partition coefficient (Wildman–Crippen LogP) is -0.229. The summed E-state index contributed by atoms with van der Waals surface area (Å²) in [5.41, 5.74) is 5.29. The van der Waals surface area contributed by atoms with E-state index < -0.39 is 0 Å². The molecule has 10 heavy (non-hydrogen) atoms. The zero-order valence-electron chi connectivity index (χ0n) is 6.55. The Labute approximate surface area is 67.6 Å². The number of hydrogen-bond donors (Lipinski definition) is 2. The van der Waals surface area contributed by atoms with Gasteiger partial charge in [0.2, 0.25) is 0 Å². The average molecular weight is 161 g/mol. The first-order valence-electron chi connectivity index (χ1n) is 3.33. The van der Waals surface area contributed by atoms with Crippen LogP contribution in [0.5, 0.6) is 0 Å². The molecule has 0 aromatic heterocycles. The van der Waals surface area contributed by atoms with Crippen molar-refractivity contribution in [2.75, 3.05) is 27.2 Å². The molecule has 0 saturated heterocycles. The highest BCUT2D eigenvalue weighted by molar-refractivity contribution is 7.80. The van der Waals surface area contributed by atoms with Crippen LogP contribution >= 0.6 is 12.2 Å². The van der Waals surface area contributed by atoms with Gasteiger partial charge in [0.05, 0.1) is 0 Å². The van der Waals surface area contributed by atoms with Gasteiger partial charge in [-0.05, 0) is 25.2 Å². The monoisotopic (exact) mass is 161 g/mol. The average Bonchev–Trinajstić information content (AvgIpc) is 1.88. The summed E-state index contributed by atoms with van der Waals surface area (Å²) in [7, 11) is 3.83. The molecule has 3 N–H and O–H groups in total. The molecular formula is C6H15N3S. The smallest absolute Gasteiger partial charge is 0.168 e. The van der Waals surface area contributed by atoms with Crippen molar-refractivity contribution in [2.24, 2.45) is 5.73 Å². The van der Waals surface area contributed by atoms with Crippen LogP contribution in [0.4, 0.5) is 0 Å². The van der Waals surface area contributed by atoms with Gasteiger partial charge < -0.3 is 16.0 Å². The zero-order chi connectivity index (χ0) is 7.98. The molecule has 0 aliphatic rings. The molecular weight excluding hydrogens is 146 g/mol. The normalized spacial score (nSPS) is 9.10. The summed E-state index contributed by atoms with van der Waals surface area (Å²) in [6.07, 6.45) is 0.966. The maximum absolute atomic E-state index is 5.29. The first-order chi connectivity index (χ1) is 4.68. The maximum atomic E-state index is 5.29. The largest absolute Gasteiger partial charge is 0.363 e. The minimum absolute atomic E-state index is 0.711. The van der Waals surface area contributed by atoms with Crippen molar-refractivity contribution in [1.29, 1.82) is 0 Å². The van der Waals surface area contributed by atoms with Crippen molar-refractivity contribution in [3.05, 3.63) is 0 Å². The van der Waals surface area contributed by atoms with E-state index >= 15 is 0 Å². The van der Waals surface area contributed by atoms with Gasteiger partial charge in [-0.3, -0.25) is 0 Å². The van der Waals surface area contributed by atoms with E-state index in [4.69, 9.17) is 18.0 Å². The molecule has 0 amide bonds. The Morgan fingerprint density at radius 1 is 1.60 bits per heavy atom. The summed E-state index contributed by atoms with van der Waals surface area (Å²) in [4.78, 5) is 1.87. The van der Waals surface area contributed by atoms with E-state index in [0.717, 1.165) is 18.1 Å². The summed E-state index contributed by atoms with van der Waals surface area (Å²) in [5.74, 6) is 0. The van der Waals surface area contributed by atoms with Gasteiger partial charge in [0.25, 0.3) is 0 Å². The van der Waals surface area contributed by atoms with Crippen LogP contribution in [0.25, 0.3) is 0 Å². The van der Waals surface area contributed by atoms with Gasteiger partial charge in [-0.15, -0.1) is 0 Å². The van der Waals surface area contributed by atoms with Crippen LogP contribution in [-0.4, -0.2) is 37.2 Å². The van der Waals surface area contributed by atoms with E-state index in [9.17, 15) is 0 Å². The number of nitrogens with zero attached hydrogens (tertiary/aromatic N) is 1. The van der Waals surface area contributed by atoms with Crippen LogP contribution in [0.3, 0.4) is 0 Å². The Bertz CT molecular complexity index is 103. The second kappa shape index (κ2) is 5.44. The highest BCUT2D eigenvalue weighted by Crippen LogP contribution is 1.78. The standard InChI is InChI=1S/C6H15N3S/c1-9(2)6(10)8-5-3-4-7/h3-5,7H2,1-2H3,(H,8,10). The third-order valence-corrected chi connectivity index (χ3v) is 1.57. The van der Waals surface area contributed by atoms with Crippen molar-refractivity contribution in [3.63, 3.8) is 0 Å². The Hall–Kier alpha value is -0.350. The van der Waals surface area contributed by atoms with Crippen LogP contribution in [0, 0.1) is 0 Å².